The highest BCUT2D eigenvalue weighted by molar-refractivity contribution is 8.02. The zero-order chi connectivity index (χ0) is 16.9. The first kappa shape index (κ1) is 17.0. The maximum atomic E-state index is 12.1. The zero-order valence-electron chi connectivity index (χ0n) is 12.8. The van der Waals surface area contributed by atoms with Crippen LogP contribution in [0.3, 0.4) is 0 Å². The van der Waals surface area contributed by atoms with Crippen molar-refractivity contribution in [2.24, 2.45) is 5.10 Å². The van der Waals surface area contributed by atoms with Crippen LogP contribution in [0.4, 0.5) is 0 Å². The standard InChI is InChI=1S/C17H14ClN3OS2/c1-11(23-17-20-14-8-4-5-9-15(14)24-17)16(22)21-19-10-12-6-2-3-7-13(12)18/h2-11H,1H3,(H,21,22)/b19-10+. The Balaban J connectivity index is 1.59. The Morgan fingerprint density at radius 1 is 1.29 bits per heavy atom. The molecule has 1 atom stereocenters. The van der Waals surface area contributed by atoms with E-state index >= 15 is 0 Å². The van der Waals surface area contributed by atoms with Gasteiger partial charge in [0.15, 0.2) is 4.34 Å². The molecule has 24 heavy (non-hydrogen) atoms. The van der Waals surface area contributed by atoms with Gasteiger partial charge in [-0.15, -0.1) is 11.3 Å². The molecule has 0 saturated carbocycles. The van der Waals surface area contributed by atoms with Crippen molar-refractivity contribution >= 4 is 57.0 Å². The number of thiazole rings is 1. The predicted molar refractivity (Wildman–Crippen MR) is 102 cm³/mol. The molecule has 1 N–H and O–H groups in total. The maximum absolute atomic E-state index is 12.1. The van der Waals surface area contributed by atoms with Crippen LogP contribution in [0.5, 0.6) is 0 Å². The molecular formula is C17H14ClN3OS2. The Labute approximate surface area is 152 Å². The van der Waals surface area contributed by atoms with E-state index in [1.54, 1.807) is 17.4 Å². The van der Waals surface area contributed by atoms with Crippen LogP contribution in [0.1, 0.15) is 12.5 Å². The predicted octanol–water partition coefficient (Wildman–Crippen LogP) is 4.58. The number of para-hydroxylation sites is 1. The van der Waals surface area contributed by atoms with Gasteiger partial charge in [0.1, 0.15) is 0 Å². The first-order valence-corrected chi connectivity index (χ1v) is 9.30. The molecule has 0 aliphatic heterocycles. The van der Waals surface area contributed by atoms with Crippen molar-refractivity contribution in [1.29, 1.82) is 0 Å². The largest absolute Gasteiger partial charge is 0.272 e. The average Bonchev–Trinajstić information content (AvgIpc) is 2.98. The molecule has 0 aliphatic rings. The molecule has 0 fully saturated rings. The normalized spacial score (nSPS) is 12.6. The lowest BCUT2D eigenvalue weighted by Crippen LogP contribution is -2.26. The number of carbonyl (C=O) groups excluding carboxylic acids is 1. The Hall–Kier alpha value is -1.89. The van der Waals surface area contributed by atoms with Crippen LogP contribution in [0.25, 0.3) is 10.2 Å². The smallest absolute Gasteiger partial charge is 0.253 e. The number of carbonyl (C=O) groups is 1. The summed E-state index contributed by atoms with van der Waals surface area (Å²) < 4.78 is 1.98. The minimum Gasteiger partial charge on any atom is -0.272 e. The molecule has 1 amide bonds. The first-order valence-electron chi connectivity index (χ1n) is 7.23. The number of thioether (sulfide) groups is 1. The maximum Gasteiger partial charge on any atom is 0.253 e. The van der Waals surface area contributed by atoms with Gasteiger partial charge in [-0.3, -0.25) is 4.79 Å². The molecule has 0 spiro atoms. The molecule has 1 unspecified atom stereocenters. The fraction of sp³-hybridized carbons (Fsp3) is 0.118. The Bertz CT molecular complexity index is 861. The molecule has 1 heterocycles. The van der Waals surface area contributed by atoms with Crippen molar-refractivity contribution in [2.75, 3.05) is 0 Å². The van der Waals surface area contributed by atoms with E-state index in [1.807, 2.05) is 49.4 Å². The molecule has 3 rings (SSSR count). The van der Waals surface area contributed by atoms with E-state index in [1.165, 1.54) is 18.0 Å². The molecule has 122 valence electrons. The number of hydrogen-bond donors (Lipinski definition) is 1. The van der Waals surface area contributed by atoms with Crippen LogP contribution >= 0.6 is 34.7 Å². The quantitative estimate of drug-likeness (QED) is 0.403. The van der Waals surface area contributed by atoms with Gasteiger partial charge in [0.25, 0.3) is 5.91 Å². The minimum absolute atomic E-state index is 0.178. The zero-order valence-corrected chi connectivity index (χ0v) is 15.2. The second-order valence-electron chi connectivity index (χ2n) is 4.96. The molecule has 7 heteroatoms. The number of fused-ring (bicyclic) bond motifs is 1. The van der Waals surface area contributed by atoms with Crippen molar-refractivity contribution in [3.05, 3.63) is 59.1 Å². The van der Waals surface area contributed by atoms with Crippen molar-refractivity contribution in [3.63, 3.8) is 0 Å². The molecular weight excluding hydrogens is 362 g/mol. The summed E-state index contributed by atoms with van der Waals surface area (Å²) in [6.45, 7) is 1.83. The number of rotatable bonds is 5. The lowest BCUT2D eigenvalue weighted by atomic mass is 10.2. The van der Waals surface area contributed by atoms with E-state index in [9.17, 15) is 4.79 Å². The van der Waals surface area contributed by atoms with E-state index in [0.717, 1.165) is 20.1 Å². The number of halogens is 1. The SMILES string of the molecule is CC(Sc1nc2ccccc2s1)C(=O)N/N=C/c1ccccc1Cl. The van der Waals surface area contributed by atoms with E-state index in [0.29, 0.717) is 5.02 Å². The van der Waals surface area contributed by atoms with E-state index in [2.05, 4.69) is 15.5 Å². The third-order valence-electron chi connectivity index (χ3n) is 3.20. The lowest BCUT2D eigenvalue weighted by molar-refractivity contribution is -0.120. The van der Waals surface area contributed by atoms with E-state index in [4.69, 9.17) is 11.6 Å². The van der Waals surface area contributed by atoms with Crippen molar-refractivity contribution in [1.82, 2.24) is 10.4 Å². The molecule has 1 aromatic heterocycles. The number of nitrogens with one attached hydrogen (secondary N) is 1. The van der Waals surface area contributed by atoms with Crippen LogP contribution in [-0.4, -0.2) is 22.4 Å². The number of nitrogens with zero attached hydrogens (tertiary/aromatic N) is 2. The van der Waals surface area contributed by atoms with Gasteiger partial charge in [0.2, 0.25) is 0 Å². The van der Waals surface area contributed by atoms with Crippen LogP contribution < -0.4 is 5.43 Å². The summed E-state index contributed by atoms with van der Waals surface area (Å²) in [6.07, 6.45) is 1.54. The van der Waals surface area contributed by atoms with Crippen LogP contribution in [-0.2, 0) is 4.79 Å². The molecule has 0 bridgehead atoms. The van der Waals surface area contributed by atoms with Gasteiger partial charge in [-0.05, 0) is 25.1 Å². The van der Waals surface area contributed by atoms with Crippen LogP contribution in [0.15, 0.2) is 58.0 Å². The number of hydrogen-bond acceptors (Lipinski definition) is 5. The van der Waals surface area contributed by atoms with E-state index in [-0.39, 0.29) is 11.2 Å². The highest BCUT2D eigenvalue weighted by Gasteiger charge is 2.16. The third-order valence-corrected chi connectivity index (χ3v) is 5.78. The van der Waals surface area contributed by atoms with Gasteiger partial charge in [-0.1, -0.05) is 53.7 Å². The Morgan fingerprint density at radius 3 is 2.83 bits per heavy atom. The van der Waals surface area contributed by atoms with Gasteiger partial charge in [0, 0.05) is 10.6 Å². The van der Waals surface area contributed by atoms with Crippen LogP contribution in [0, 0.1) is 0 Å². The molecule has 0 aliphatic carbocycles. The van der Waals surface area contributed by atoms with Gasteiger partial charge in [0.05, 0.1) is 21.7 Å². The van der Waals surface area contributed by atoms with Gasteiger partial charge in [-0.2, -0.15) is 5.10 Å². The van der Waals surface area contributed by atoms with E-state index < -0.39 is 0 Å². The number of amides is 1. The second kappa shape index (κ2) is 7.79. The van der Waals surface area contributed by atoms with Crippen LogP contribution in [0.2, 0.25) is 5.02 Å². The fourth-order valence-corrected chi connectivity index (χ4v) is 4.33. The number of hydrazone groups is 1. The van der Waals surface area contributed by atoms with Crippen molar-refractivity contribution in [3.8, 4) is 0 Å². The Kier molecular flexibility index (Phi) is 5.50. The number of benzene rings is 2. The molecule has 0 radical (unpaired) electrons. The average molecular weight is 376 g/mol. The van der Waals surface area contributed by atoms with Gasteiger partial charge in [-0.25, -0.2) is 10.4 Å². The van der Waals surface area contributed by atoms with Crippen molar-refractivity contribution in [2.45, 2.75) is 16.5 Å². The second-order valence-corrected chi connectivity index (χ2v) is 7.99. The van der Waals surface area contributed by atoms with Crippen molar-refractivity contribution < 1.29 is 4.79 Å². The summed E-state index contributed by atoms with van der Waals surface area (Å²) in [5.41, 5.74) is 4.25. The summed E-state index contributed by atoms with van der Waals surface area (Å²) in [4.78, 5) is 16.7. The summed E-state index contributed by atoms with van der Waals surface area (Å²) in [5.74, 6) is -0.178. The summed E-state index contributed by atoms with van der Waals surface area (Å²) >= 11 is 9.04. The monoisotopic (exact) mass is 375 g/mol. The molecule has 3 aromatic rings. The minimum atomic E-state index is -0.297. The molecule has 0 saturated heterocycles. The Morgan fingerprint density at radius 2 is 2.04 bits per heavy atom. The molecule has 2 aromatic carbocycles. The van der Waals surface area contributed by atoms with Gasteiger partial charge >= 0.3 is 0 Å². The number of aromatic nitrogens is 1. The topological polar surface area (TPSA) is 54.4 Å². The van der Waals surface area contributed by atoms with Gasteiger partial charge < -0.3 is 0 Å². The fourth-order valence-electron chi connectivity index (χ4n) is 1.94. The third kappa shape index (κ3) is 4.14. The lowest BCUT2D eigenvalue weighted by Gasteiger charge is -2.06. The first-order chi connectivity index (χ1) is 11.6. The highest BCUT2D eigenvalue weighted by atomic mass is 35.5. The summed E-state index contributed by atoms with van der Waals surface area (Å²) in [6, 6.07) is 15.2. The molecule has 4 nitrogen and oxygen atoms in total. The highest BCUT2D eigenvalue weighted by Crippen LogP contribution is 2.31. The summed E-state index contributed by atoms with van der Waals surface area (Å²) in [7, 11) is 0. The summed E-state index contributed by atoms with van der Waals surface area (Å²) in [5, 5.41) is 4.26.